The van der Waals surface area contributed by atoms with Gasteiger partial charge in [-0.3, -0.25) is 0 Å². The van der Waals surface area contributed by atoms with Gasteiger partial charge in [0.15, 0.2) is 0 Å². The Balaban J connectivity index is 2.01. The Hall–Kier alpha value is -1.73. The minimum atomic E-state index is -0.345. The number of nitrogen functional groups attached to an aromatic ring is 1. The van der Waals surface area contributed by atoms with Gasteiger partial charge < -0.3 is 10.3 Å². The Morgan fingerprint density at radius 2 is 1.86 bits per heavy atom. The van der Waals surface area contributed by atoms with E-state index in [0.29, 0.717) is 33.0 Å². The second-order valence-electron chi connectivity index (χ2n) is 4.33. The summed E-state index contributed by atoms with van der Waals surface area (Å²) in [6, 6.07) is 9.87. The molecule has 0 aliphatic carbocycles. The first-order chi connectivity index (χ1) is 10.0. The third-order valence-corrected chi connectivity index (χ3v) is 3.84. The van der Waals surface area contributed by atoms with E-state index < -0.39 is 0 Å². The third kappa shape index (κ3) is 2.98. The Morgan fingerprint density at radius 1 is 1.05 bits per heavy atom. The molecule has 3 aromatic rings. The number of benzene rings is 2. The average Bonchev–Trinajstić information content (AvgIpc) is 2.90. The summed E-state index contributed by atoms with van der Waals surface area (Å²) in [6.07, 6.45) is 0. The third-order valence-electron chi connectivity index (χ3n) is 2.77. The summed E-state index contributed by atoms with van der Waals surface area (Å²) in [5, 5.41) is 3.91. The maximum absolute atomic E-state index is 13.2. The largest absolute Gasteiger partial charge is 0.399 e. The molecule has 2 N–H and O–H groups in total. The highest BCUT2D eigenvalue weighted by molar-refractivity contribution is 9.10. The van der Waals surface area contributed by atoms with Crippen LogP contribution in [0.1, 0.15) is 0 Å². The van der Waals surface area contributed by atoms with Gasteiger partial charge in [0, 0.05) is 21.3 Å². The first-order valence-corrected chi connectivity index (χ1v) is 7.47. The van der Waals surface area contributed by atoms with Crippen molar-refractivity contribution in [1.29, 1.82) is 0 Å². The highest BCUT2D eigenvalue weighted by Crippen LogP contribution is 2.28. The van der Waals surface area contributed by atoms with Crippen molar-refractivity contribution >= 4 is 37.5 Å². The smallest absolute Gasteiger partial charge is 0.258 e. The lowest BCUT2D eigenvalue weighted by Gasteiger charge is -1.99. The molecule has 0 spiro atoms. The number of hydrogen-bond acceptors (Lipinski definition) is 4. The van der Waals surface area contributed by atoms with Crippen LogP contribution >= 0.6 is 31.9 Å². The van der Waals surface area contributed by atoms with Crippen LogP contribution in [0.15, 0.2) is 49.9 Å². The van der Waals surface area contributed by atoms with E-state index in [1.807, 2.05) is 6.07 Å². The first kappa shape index (κ1) is 14.2. The van der Waals surface area contributed by atoms with Crippen LogP contribution < -0.4 is 5.73 Å². The summed E-state index contributed by atoms with van der Waals surface area (Å²) in [5.74, 6) is 0.380. The number of anilines is 1. The summed E-state index contributed by atoms with van der Waals surface area (Å²) in [5.41, 5.74) is 7.73. The maximum Gasteiger partial charge on any atom is 0.258 e. The summed E-state index contributed by atoms with van der Waals surface area (Å²) in [7, 11) is 0. The van der Waals surface area contributed by atoms with Gasteiger partial charge in [-0.2, -0.15) is 4.98 Å². The molecular formula is C14H8Br2FN3O. The van der Waals surface area contributed by atoms with Crippen LogP contribution in [0.4, 0.5) is 10.1 Å². The lowest BCUT2D eigenvalue weighted by atomic mass is 10.2. The maximum atomic E-state index is 13.2. The lowest BCUT2D eigenvalue weighted by molar-refractivity contribution is 0.432. The van der Waals surface area contributed by atoms with E-state index in [1.165, 1.54) is 6.07 Å². The van der Waals surface area contributed by atoms with Gasteiger partial charge in [0.05, 0.1) is 4.47 Å². The zero-order valence-electron chi connectivity index (χ0n) is 10.5. The quantitative estimate of drug-likeness (QED) is 0.622. The molecule has 7 heteroatoms. The minimum Gasteiger partial charge on any atom is -0.399 e. The summed E-state index contributed by atoms with van der Waals surface area (Å²) >= 11 is 6.49. The zero-order chi connectivity index (χ0) is 15.0. The molecule has 106 valence electrons. The Morgan fingerprint density at radius 3 is 2.57 bits per heavy atom. The number of nitrogens with zero attached hydrogens (tertiary/aromatic N) is 2. The van der Waals surface area contributed by atoms with Crippen LogP contribution in [0.5, 0.6) is 0 Å². The molecule has 4 nitrogen and oxygen atoms in total. The van der Waals surface area contributed by atoms with Gasteiger partial charge in [0.1, 0.15) is 5.82 Å². The first-order valence-electron chi connectivity index (χ1n) is 5.88. The van der Waals surface area contributed by atoms with E-state index in [1.54, 1.807) is 24.3 Å². The van der Waals surface area contributed by atoms with Crippen LogP contribution in [0.3, 0.4) is 0 Å². The van der Waals surface area contributed by atoms with Crippen LogP contribution in [-0.4, -0.2) is 10.1 Å². The molecule has 0 saturated carbocycles. The second-order valence-corrected chi connectivity index (χ2v) is 6.10. The van der Waals surface area contributed by atoms with Gasteiger partial charge in [-0.1, -0.05) is 21.1 Å². The molecule has 0 bridgehead atoms. The Bertz CT molecular complexity index is 799. The van der Waals surface area contributed by atoms with Crippen molar-refractivity contribution in [3.05, 3.63) is 51.2 Å². The molecule has 1 aromatic heterocycles. The van der Waals surface area contributed by atoms with Crippen molar-refractivity contribution < 1.29 is 8.91 Å². The van der Waals surface area contributed by atoms with E-state index >= 15 is 0 Å². The van der Waals surface area contributed by atoms with E-state index in [9.17, 15) is 4.39 Å². The molecule has 0 atom stereocenters. The molecule has 0 saturated heterocycles. The molecule has 3 rings (SSSR count). The van der Waals surface area contributed by atoms with Gasteiger partial charge >= 0.3 is 0 Å². The highest BCUT2D eigenvalue weighted by Gasteiger charge is 2.13. The van der Waals surface area contributed by atoms with Crippen LogP contribution in [0.2, 0.25) is 0 Å². The average molecular weight is 413 g/mol. The Labute approximate surface area is 136 Å². The molecule has 2 aromatic carbocycles. The zero-order valence-corrected chi connectivity index (χ0v) is 13.7. The minimum absolute atomic E-state index is 0.345. The number of halogens is 3. The fourth-order valence-corrected chi connectivity index (χ4v) is 2.72. The number of aromatic nitrogens is 2. The lowest BCUT2D eigenvalue weighted by Crippen LogP contribution is -1.87. The summed E-state index contributed by atoms with van der Waals surface area (Å²) in [4.78, 5) is 4.31. The Kier molecular flexibility index (Phi) is 3.77. The molecular weight excluding hydrogens is 405 g/mol. The standard InChI is InChI=1S/C14H8Br2FN3O/c15-9-3-8(4-10(18)6-9)14-19-13(20-21-14)7-1-2-12(17)11(16)5-7/h1-6H,18H2. The molecule has 0 aliphatic rings. The molecule has 21 heavy (non-hydrogen) atoms. The normalized spacial score (nSPS) is 10.8. The van der Waals surface area contributed by atoms with Crippen molar-refractivity contribution in [2.45, 2.75) is 0 Å². The fraction of sp³-hybridized carbons (Fsp3) is 0. The highest BCUT2D eigenvalue weighted by atomic mass is 79.9. The molecule has 0 aliphatic heterocycles. The predicted molar refractivity (Wildman–Crippen MR) is 84.9 cm³/mol. The van der Waals surface area contributed by atoms with Crippen molar-refractivity contribution in [1.82, 2.24) is 10.1 Å². The van der Waals surface area contributed by atoms with Crippen LogP contribution in [0, 0.1) is 5.82 Å². The fourth-order valence-electron chi connectivity index (χ4n) is 1.83. The van der Waals surface area contributed by atoms with E-state index in [2.05, 4.69) is 42.0 Å². The van der Waals surface area contributed by atoms with Gasteiger partial charge in [0.2, 0.25) is 5.82 Å². The van der Waals surface area contributed by atoms with E-state index in [4.69, 9.17) is 10.3 Å². The topological polar surface area (TPSA) is 64.9 Å². The number of hydrogen-bond donors (Lipinski definition) is 1. The molecule has 0 fully saturated rings. The van der Waals surface area contributed by atoms with Crippen molar-refractivity contribution in [2.24, 2.45) is 0 Å². The second kappa shape index (κ2) is 5.57. The van der Waals surface area contributed by atoms with Crippen LogP contribution in [0.25, 0.3) is 22.8 Å². The van der Waals surface area contributed by atoms with E-state index in [-0.39, 0.29) is 5.82 Å². The van der Waals surface area contributed by atoms with Crippen molar-refractivity contribution in [3.63, 3.8) is 0 Å². The van der Waals surface area contributed by atoms with Gasteiger partial charge in [-0.15, -0.1) is 0 Å². The van der Waals surface area contributed by atoms with Crippen molar-refractivity contribution in [3.8, 4) is 22.8 Å². The predicted octanol–water partition coefficient (Wildman–Crippen LogP) is 4.65. The van der Waals surface area contributed by atoms with Gasteiger partial charge in [-0.25, -0.2) is 4.39 Å². The SMILES string of the molecule is Nc1cc(Br)cc(-c2nc(-c3ccc(F)c(Br)c3)no2)c1. The van der Waals surface area contributed by atoms with Gasteiger partial charge in [-0.05, 0) is 52.3 Å². The van der Waals surface area contributed by atoms with E-state index in [0.717, 1.165) is 4.47 Å². The number of rotatable bonds is 2. The summed E-state index contributed by atoms with van der Waals surface area (Å²) in [6.45, 7) is 0. The van der Waals surface area contributed by atoms with Gasteiger partial charge in [0.25, 0.3) is 5.89 Å². The molecule has 0 amide bonds. The summed E-state index contributed by atoms with van der Waals surface area (Å²) < 4.78 is 19.6. The monoisotopic (exact) mass is 411 g/mol. The number of nitrogens with two attached hydrogens (primary N) is 1. The molecule has 1 heterocycles. The van der Waals surface area contributed by atoms with Crippen molar-refractivity contribution in [2.75, 3.05) is 5.73 Å². The molecule has 0 unspecified atom stereocenters. The van der Waals surface area contributed by atoms with Crippen LogP contribution in [-0.2, 0) is 0 Å². The molecule has 0 radical (unpaired) electrons.